The molecule has 1 aromatic heterocycles. The van der Waals surface area contributed by atoms with Gasteiger partial charge in [-0.2, -0.15) is 0 Å². The van der Waals surface area contributed by atoms with Crippen LogP contribution < -0.4 is 17.0 Å². The summed E-state index contributed by atoms with van der Waals surface area (Å²) in [5, 5.41) is 0.331. The molecule has 1 saturated carbocycles. The topological polar surface area (TPSA) is 118 Å². The van der Waals surface area contributed by atoms with Gasteiger partial charge in [0.2, 0.25) is 11.8 Å². The van der Waals surface area contributed by atoms with Crippen molar-refractivity contribution in [2.75, 3.05) is 6.54 Å². The lowest BCUT2D eigenvalue weighted by Gasteiger charge is -2.27. The van der Waals surface area contributed by atoms with Gasteiger partial charge in [0.1, 0.15) is 6.54 Å². The van der Waals surface area contributed by atoms with Crippen LogP contribution in [0.5, 0.6) is 0 Å². The van der Waals surface area contributed by atoms with Gasteiger partial charge in [0.05, 0.1) is 17.4 Å². The summed E-state index contributed by atoms with van der Waals surface area (Å²) in [6, 6.07) is 6.54. The Bertz CT molecular complexity index is 924. The zero-order chi connectivity index (χ0) is 18.0. The van der Waals surface area contributed by atoms with Crippen LogP contribution in [-0.4, -0.2) is 38.9 Å². The summed E-state index contributed by atoms with van der Waals surface area (Å²) < 4.78 is 0.869. The van der Waals surface area contributed by atoms with Crippen molar-refractivity contribution in [3.63, 3.8) is 0 Å². The number of para-hydroxylation sites is 1. The third kappa shape index (κ3) is 3.47. The Labute approximate surface area is 143 Å². The maximum atomic E-state index is 12.7. The number of primary amides is 1. The largest absolute Gasteiger partial charge is 0.368 e. The molecular weight excluding hydrogens is 324 g/mol. The van der Waals surface area contributed by atoms with Crippen molar-refractivity contribution >= 4 is 22.7 Å². The average molecular weight is 344 g/mol. The van der Waals surface area contributed by atoms with E-state index in [0.717, 1.165) is 30.3 Å². The lowest BCUT2D eigenvalue weighted by molar-refractivity contribution is -0.138. The van der Waals surface area contributed by atoms with E-state index in [0.29, 0.717) is 10.9 Å². The molecule has 3 N–H and O–H groups in total. The highest BCUT2D eigenvalue weighted by Crippen LogP contribution is 2.23. The fourth-order valence-corrected chi connectivity index (χ4v) is 3.37. The molecule has 1 aliphatic rings. The van der Waals surface area contributed by atoms with E-state index in [1.54, 1.807) is 24.3 Å². The number of amides is 2. The summed E-state index contributed by atoms with van der Waals surface area (Å²) in [5.41, 5.74) is 4.50. The first-order valence-corrected chi connectivity index (χ1v) is 8.27. The van der Waals surface area contributed by atoms with Gasteiger partial charge in [0.25, 0.3) is 5.56 Å². The number of nitrogens with one attached hydrogen (secondary N) is 1. The highest BCUT2D eigenvalue weighted by molar-refractivity contribution is 5.84. The SMILES string of the molecule is NC(=O)CN(C(=O)Cn1c(=O)[nH]c2ccccc2c1=O)C1CCCC1. The number of hydrogen-bond acceptors (Lipinski definition) is 4. The summed E-state index contributed by atoms with van der Waals surface area (Å²) in [6.07, 6.45) is 3.54. The number of carbonyl (C=O) groups excluding carboxylic acids is 2. The first kappa shape index (κ1) is 16.9. The van der Waals surface area contributed by atoms with Crippen LogP contribution in [0.3, 0.4) is 0 Å². The Balaban J connectivity index is 1.93. The molecule has 132 valence electrons. The Morgan fingerprint density at radius 2 is 1.88 bits per heavy atom. The van der Waals surface area contributed by atoms with Gasteiger partial charge in [-0.05, 0) is 25.0 Å². The minimum atomic E-state index is -0.650. The van der Waals surface area contributed by atoms with Crippen molar-refractivity contribution in [2.45, 2.75) is 38.3 Å². The first-order chi connectivity index (χ1) is 12.0. The number of benzene rings is 1. The number of H-pyrrole nitrogens is 1. The fourth-order valence-electron chi connectivity index (χ4n) is 3.37. The second kappa shape index (κ2) is 6.92. The van der Waals surface area contributed by atoms with Crippen molar-refractivity contribution in [3.05, 3.63) is 45.1 Å². The van der Waals surface area contributed by atoms with Crippen LogP contribution in [-0.2, 0) is 16.1 Å². The normalized spacial score (nSPS) is 14.7. The van der Waals surface area contributed by atoms with Gasteiger partial charge in [0.15, 0.2) is 0 Å². The maximum Gasteiger partial charge on any atom is 0.329 e. The van der Waals surface area contributed by atoms with E-state index in [1.807, 2.05) is 0 Å². The van der Waals surface area contributed by atoms with Crippen LogP contribution >= 0.6 is 0 Å². The highest BCUT2D eigenvalue weighted by atomic mass is 16.2. The Morgan fingerprint density at radius 1 is 1.20 bits per heavy atom. The van der Waals surface area contributed by atoms with Crippen molar-refractivity contribution in [3.8, 4) is 0 Å². The molecule has 0 unspecified atom stereocenters. The standard InChI is InChI=1S/C17H20N4O4/c18-14(22)9-20(11-5-1-2-6-11)15(23)10-21-16(24)12-7-3-4-8-13(12)19-17(21)25/h3-4,7-8,11H,1-2,5-6,9-10H2,(H2,18,22)(H,19,25). The third-order valence-corrected chi connectivity index (χ3v) is 4.59. The molecule has 0 bridgehead atoms. The van der Waals surface area contributed by atoms with Crippen LogP contribution in [0.25, 0.3) is 10.9 Å². The van der Waals surface area contributed by atoms with E-state index in [9.17, 15) is 19.2 Å². The van der Waals surface area contributed by atoms with Crippen molar-refractivity contribution in [2.24, 2.45) is 5.73 Å². The number of nitrogens with zero attached hydrogens (tertiary/aromatic N) is 2. The number of rotatable bonds is 5. The third-order valence-electron chi connectivity index (χ3n) is 4.59. The minimum Gasteiger partial charge on any atom is -0.368 e. The lowest BCUT2D eigenvalue weighted by Crippen LogP contribution is -2.48. The molecule has 25 heavy (non-hydrogen) atoms. The van der Waals surface area contributed by atoms with E-state index in [4.69, 9.17) is 5.73 Å². The van der Waals surface area contributed by atoms with Crippen molar-refractivity contribution in [1.29, 1.82) is 0 Å². The molecular formula is C17H20N4O4. The summed E-state index contributed by atoms with van der Waals surface area (Å²) in [6.45, 7) is -0.619. The van der Waals surface area contributed by atoms with Crippen LogP contribution in [0.2, 0.25) is 0 Å². The van der Waals surface area contributed by atoms with Gasteiger partial charge in [-0.1, -0.05) is 25.0 Å². The van der Waals surface area contributed by atoms with Crippen LogP contribution in [0.4, 0.5) is 0 Å². The molecule has 0 spiro atoms. The quantitative estimate of drug-likeness (QED) is 0.790. The van der Waals surface area contributed by atoms with E-state index < -0.39 is 29.6 Å². The van der Waals surface area contributed by atoms with Gasteiger partial charge in [0, 0.05) is 6.04 Å². The number of nitrogens with two attached hydrogens (primary N) is 1. The molecule has 1 fully saturated rings. The van der Waals surface area contributed by atoms with E-state index >= 15 is 0 Å². The molecule has 3 rings (SSSR count). The predicted molar refractivity (Wildman–Crippen MR) is 92.0 cm³/mol. The molecule has 0 aliphatic heterocycles. The second-order valence-electron chi connectivity index (χ2n) is 6.29. The molecule has 8 nitrogen and oxygen atoms in total. The number of hydrogen-bond donors (Lipinski definition) is 2. The first-order valence-electron chi connectivity index (χ1n) is 8.27. The molecule has 0 radical (unpaired) electrons. The summed E-state index contributed by atoms with van der Waals surface area (Å²) in [4.78, 5) is 52.7. The van der Waals surface area contributed by atoms with Crippen molar-refractivity contribution in [1.82, 2.24) is 14.5 Å². The number of carbonyl (C=O) groups is 2. The molecule has 8 heteroatoms. The molecule has 1 aromatic carbocycles. The Hall–Kier alpha value is -2.90. The zero-order valence-electron chi connectivity index (χ0n) is 13.7. The molecule has 1 aliphatic carbocycles. The van der Waals surface area contributed by atoms with Gasteiger partial charge in [-0.3, -0.25) is 19.0 Å². The Kier molecular flexibility index (Phi) is 4.69. The smallest absolute Gasteiger partial charge is 0.329 e. The molecule has 2 aromatic rings. The van der Waals surface area contributed by atoms with Crippen LogP contribution in [0.15, 0.2) is 33.9 Å². The number of aromatic amines is 1. The zero-order valence-corrected chi connectivity index (χ0v) is 13.7. The van der Waals surface area contributed by atoms with Crippen LogP contribution in [0, 0.1) is 0 Å². The van der Waals surface area contributed by atoms with Crippen molar-refractivity contribution < 1.29 is 9.59 Å². The predicted octanol–water partition coefficient (Wildman–Crippen LogP) is -0.0537. The van der Waals surface area contributed by atoms with Gasteiger partial charge in [-0.15, -0.1) is 0 Å². The summed E-state index contributed by atoms with van der Waals surface area (Å²) >= 11 is 0. The minimum absolute atomic E-state index is 0.0739. The lowest BCUT2D eigenvalue weighted by atomic mass is 10.2. The molecule has 1 heterocycles. The van der Waals surface area contributed by atoms with E-state index in [1.165, 1.54) is 4.90 Å². The van der Waals surface area contributed by atoms with Gasteiger partial charge < -0.3 is 15.6 Å². The van der Waals surface area contributed by atoms with E-state index in [2.05, 4.69) is 4.98 Å². The monoisotopic (exact) mass is 344 g/mol. The molecule has 0 atom stereocenters. The second-order valence-corrected chi connectivity index (χ2v) is 6.29. The maximum absolute atomic E-state index is 12.7. The van der Waals surface area contributed by atoms with E-state index in [-0.39, 0.29) is 12.6 Å². The summed E-state index contributed by atoms with van der Waals surface area (Å²) in [5.74, 6) is -1.06. The molecule has 2 amide bonds. The Morgan fingerprint density at radius 3 is 2.56 bits per heavy atom. The summed E-state index contributed by atoms with van der Waals surface area (Å²) in [7, 11) is 0. The fraction of sp³-hybridized carbons (Fsp3) is 0.412. The molecule has 0 saturated heterocycles. The van der Waals surface area contributed by atoms with Crippen LogP contribution in [0.1, 0.15) is 25.7 Å². The number of fused-ring (bicyclic) bond motifs is 1. The van der Waals surface area contributed by atoms with Gasteiger partial charge in [-0.25, -0.2) is 4.79 Å². The number of aromatic nitrogens is 2. The average Bonchev–Trinajstić information content (AvgIpc) is 3.10. The highest BCUT2D eigenvalue weighted by Gasteiger charge is 2.28. The van der Waals surface area contributed by atoms with Gasteiger partial charge >= 0.3 is 5.69 Å².